The highest BCUT2D eigenvalue weighted by molar-refractivity contribution is 7.16. The van der Waals surface area contributed by atoms with Crippen molar-refractivity contribution in [1.82, 2.24) is 5.32 Å². The van der Waals surface area contributed by atoms with Crippen LogP contribution in [-0.4, -0.2) is 12.5 Å². The first kappa shape index (κ1) is 13.5. The van der Waals surface area contributed by atoms with Crippen molar-refractivity contribution < 1.29 is 4.79 Å². The molecule has 1 amide bonds. The van der Waals surface area contributed by atoms with E-state index >= 15 is 0 Å². The molecule has 2 N–H and O–H groups in total. The zero-order chi connectivity index (χ0) is 13.9. The van der Waals surface area contributed by atoms with Crippen molar-refractivity contribution in [2.45, 2.75) is 19.4 Å². The van der Waals surface area contributed by atoms with Crippen molar-refractivity contribution in [2.75, 3.05) is 11.9 Å². The Morgan fingerprint density at radius 3 is 3.05 bits per heavy atom. The second-order valence-corrected chi connectivity index (χ2v) is 6.55. The van der Waals surface area contributed by atoms with Crippen molar-refractivity contribution in [2.24, 2.45) is 0 Å². The first-order valence-corrected chi connectivity index (χ1v) is 7.81. The number of carbonyl (C=O) groups is 1. The van der Waals surface area contributed by atoms with Crippen molar-refractivity contribution in [3.8, 4) is 0 Å². The lowest BCUT2D eigenvalue weighted by Crippen LogP contribution is -2.25. The Morgan fingerprint density at radius 1 is 1.35 bits per heavy atom. The SMILES string of the molecule is O=C(NCc1ccc(Cl)s1)c1cccc2c1CCCN2. The van der Waals surface area contributed by atoms with E-state index in [1.165, 1.54) is 11.3 Å². The molecular formula is C15H15ClN2OS. The summed E-state index contributed by atoms with van der Waals surface area (Å²) in [6.45, 7) is 1.50. The third-order valence-electron chi connectivity index (χ3n) is 3.39. The Morgan fingerprint density at radius 2 is 2.25 bits per heavy atom. The van der Waals surface area contributed by atoms with Crippen LogP contribution in [0.2, 0.25) is 4.34 Å². The molecule has 2 aromatic rings. The van der Waals surface area contributed by atoms with Crippen LogP contribution >= 0.6 is 22.9 Å². The fourth-order valence-corrected chi connectivity index (χ4v) is 3.46. The standard InChI is InChI=1S/C15H15ClN2OS/c16-14-7-6-10(20-14)9-18-15(19)12-3-1-5-13-11(12)4-2-8-17-13/h1,3,5-7,17H,2,4,8-9H2,(H,18,19). The van der Waals surface area contributed by atoms with Crippen molar-refractivity contribution in [1.29, 1.82) is 0 Å². The molecule has 20 heavy (non-hydrogen) atoms. The second kappa shape index (κ2) is 5.85. The normalized spacial score (nSPS) is 13.4. The predicted octanol–water partition coefficient (Wildman–Crippen LogP) is 3.69. The van der Waals surface area contributed by atoms with Gasteiger partial charge in [-0.1, -0.05) is 17.7 Å². The topological polar surface area (TPSA) is 41.1 Å². The molecule has 1 aromatic heterocycles. The van der Waals surface area contributed by atoms with E-state index in [0.29, 0.717) is 6.54 Å². The fourth-order valence-electron chi connectivity index (χ4n) is 2.43. The summed E-state index contributed by atoms with van der Waals surface area (Å²) in [5, 5.41) is 6.30. The summed E-state index contributed by atoms with van der Waals surface area (Å²) in [6, 6.07) is 9.64. The summed E-state index contributed by atoms with van der Waals surface area (Å²) in [7, 11) is 0. The van der Waals surface area contributed by atoms with E-state index in [1.807, 2.05) is 30.3 Å². The average Bonchev–Trinajstić information content (AvgIpc) is 2.90. The number of amides is 1. The van der Waals surface area contributed by atoms with Gasteiger partial charge in [-0.2, -0.15) is 0 Å². The molecule has 0 saturated heterocycles. The summed E-state index contributed by atoms with van der Waals surface area (Å²) >= 11 is 7.38. The minimum absolute atomic E-state index is 0.0185. The largest absolute Gasteiger partial charge is 0.385 e. The maximum atomic E-state index is 12.3. The summed E-state index contributed by atoms with van der Waals surface area (Å²) < 4.78 is 0.746. The van der Waals surface area contributed by atoms with E-state index in [-0.39, 0.29) is 5.91 Å². The molecule has 2 heterocycles. The minimum atomic E-state index is -0.0185. The maximum absolute atomic E-state index is 12.3. The van der Waals surface area contributed by atoms with E-state index in [0.717, 1.165) is 45.4 Å². The zero-order valence-electron chi connectivity index (χ0n) is 10.9. The quantitative estimate of drug-likeness (QED) is 0.908. The summed E-state index contributed by atoms with van der Waals surface area (Å²) in [4.78, 5) is 13.4. The number of nitrogens with one attached hydrogen (secondary N) is 2. The van der Waals surface area contributed by atoms with Gasteiger partial charge in [0.2, 0.25) is 0 Å². The molecule has 3 nitrogen and oxygen atoms in total. The lowest BCUT2D eigenvalue weighted by molar-refractivity contribution is 0.0950. The molecule has 1 aromatic carbocycles. The summed E-state index contributed by atoms with van der Waals surface area (Å²) in [6.07, 6.45) is 2.02. The number of hydrogen-bond donors (Lipinski definition) is 2. The molecule has 0 aliphatic carbocycles. The van der Waals surface area contributed by atoms with Gasteiger partial charge in [0.1, 0.15) is 0 Å². The zero-order valence-corrected chi connectivity index (χ0v) is 12.5. The number of fused-ring (bicyclic) bond motifs is 1. The Labute approximate surface area is 127 Å². The predicted molar refractivity (Wildman–Crippen MR) is 83.8 cm³/mol. The molecule has 104 valence electrons. The second-order valence-electron chi connectivity index (χ2n) is 4.75. The smallest absolute Gasteiger partial charge is 0.251 e. The van der Waals surface area contributed by atoms with Gasteiger partial charge < -0.3 is 10.6 Å². The van der Waals surface area contributed by atoms with Gasteiger partial charge in [0.25, 0.3) is 5.91 Å². The molecule has 0 atom stereocenters. The average molecular weight is 307 g/mol. The maximum Gasteiger partial charge on any atom is 0.251 e. The Kier molecular flexibility index (Phi) is 3.94. The van der Waals surface area contributed by atoms with Crippen LogP contribution in [0.3, 0.4) is 0 Å². The van der Waals surface area contributed by atoms with E-state index in [2.05, 4.69) is 10.6 Å². The molecule has 0 radical (unpaired) electrons. The van der Waals surface area contributed by atoms with E-state index in [1.54, 1.807) is 0 Å². The number of halogens is 1. The molecule has 1 aliphatic heterocycles. The molecule has 5 heteroatoms. The fraction of sp³-hybridized carbons (Fsp3) is 0.267. The molecule has 3 rings (SSSR count). The Bertz CT molecular complexity index is 639. The number of hydrogen-bond acceptors (Lipinski definition) is 3. The van der Waals surface area contributed by atoms with Crippen molar-refractivity contribution in [3.63, 3.8) is 0 Å². The highest BCUT2D eigenvalue weighted by atomic mass is 35.5. The molecule has 1 aliphatic rings. The lowest BCUT2D eigenvalue weighted by atomic mass is 9.97. The van der Waals surface area contributed by atoms with Gasteiger partial charge in [-0.25, -0.2) is 0 Å². The van der Waals surface area contributed by atoms with Gasteiger partial charge in [-0.3, -0.25) is 4.79 Å². The van der Waals surface area contributed by atoms with Crippen LogP contribution in [0.1, 0.15) is 27.2 Å². The van der Waals surface area contributed by atoms with Crippen molar-refractivity contribution in [3.05, 3.63) is 50.7 Å². The van der Waals surface area contributed by atoms with Crippen LogP contribution in [0.15, 0.2) is 30.3 Å². The Hall–Kier alpha value is -1.52. The van der Waals surface area contributed by atoms with Gasteiger partial charge in [0, 0.05) is 22.7 Å². The molecule has 0 fully saturated rings. The van der Waals surface area contributed by atoms with Gasteiger partial charge in [-0.05, 0) is 42.7 Å². The summed E-state index contributed by atoms with van der Waals surface area (Å²) in [5.41, 5.74) is 2.99. The van der Waals surface area contributed by atoms with Crippen LogP contribution in [0.5, 0.6) is 0 Å². The van der Waals surface area contributed by atoms with Crippen LogP contribution in [0.25, 0.3) is 0 Å². The highest BCUT2D eigenvalue weighted by Crippen LogP contribution is 2.25. The van der Waals surface area contributed by atoms with Crippen molar-refractivity contribution >= 4 is 34.5 Å². The summed E-state index contributed by atoms with van der Waals surface area (Å²) in [5.74, 6) is -0.0185. The highest BCUT2D eigenvalue weighted by Gasteiger charge is 2.17. The molecule has 0 saturated carbocycles. The van der Waals surface area contributed by atoms with Crippen LogP contribution in [0.4, 0.5) is 5.69 Å². The van der Waals surface area contributed by atoms with Gasteiger partial charge in [0.05, 0.1) is 10.9 Å². The molecule has 0 unspecified atom stereocenters. The van der Waals surface area contributed by atoms with E-state index in [9.17, 15) is 4.79 Å². The lowest BCUT2D eigenvalue weighted by Gasteiger charge is -2.20. The molecule has 0 bridgehead atoms. The number of benzene rings is 1. The van der Waals surface area contributed by atoms with E-state index in [4.69, 9.17) is 11.6 Å². The van der Waals surface area contributed by atoms with Gasteiger partial charge in [0.15, 0.2) is 0 Å². The first-order chi connectivity index (χ1) is 9.74. The third-order valence-corrected chi connectivity index (χ3v) is 4.62. The molecule has 0 spiro atoms. The van der Waals surface area contributed by atoms with Crippen LogP contribution < -0.4 is 10.6 Å². The van der Waals surface area contributed by atoms with Crippen LogP contribution in [-0.2, 0) is 13.0 Å². The first-order valence-electron chi connectivity index (χ1n) is 6.62. The third kappa shape index (κ3) is 2.81. The monoisotopic (exact) mass is 306 g/mol. The van der Waals surface area contributed by atoms with Crippen LogP contribution in [0, 0.1) is 0 Å². The Balaban J connectivity index is 1.74. The molecular weight excluding hydrogens is 292 g/mol. The van der Waals surface area contributed by atoms with E-state index < -0.39 is 0 Å². The minimum Gasteiger partial charge on any atom is -0.385 e. The number of anilines is 1. The van der Waals surface area contributed by atoms with Gasteiger partial charge in [-0.15, -0.1) is 11.3 Å². The number of thiophene rings is 1. The van der Waals surface area contributed by atoms with Gasteiger partial charge >= 0.3 is 0 Å². The number of carbonyl (C=O) groups excluding carboxylic acids is 1. The number of rotatable bonds is 3.